The maximum absolute atomic E-state index is 14.9. The summed E-state index contributed by atoms with van der Waals surface area (Å²) >= 11 is 6.10. The first-order valence-corrected chi connectivity index (χ1v) is 30.5. The molecular weight excluding hydrogens is 1110 g/mol. The number of benzene rings is 4. The Bertz CT molecular complexity index is 2740. The Labute approximate surface area is 491 Å². The number of Topliss-reactive ketones (excluding diaryl/α,β-unsaturated/α-hetero) is 1. The van der Waals surface area contributed by atoms with E-state index in [4.69, 9.17) is 28.8 Å². The van der Waals surface area contributed by atoms with Crippen molar-refractivity contribution in [1.29, 1.82) is 0 Å². The lowest BCUT2D eigenvalue weighted by atomic mass is 9.90. The number of halogens is 1. The number of primary amides is 1. The van der Waals surface area contributed by atoms with Gasteiger partial charge in [-0.1, -0.05) is 120 Å². The third-order valence-corrected chi connectivity index (χ3v) is 16.6. The van der Waals surface area contributed by atoms with E-state index < -0.39 is 108 Å². The molecule has 0 spiro atoms. The van der Waals surface area contributed by atoms with Crippen LogP contribution in [-0.4, -0.2) is 129 Å². The Morgan fingerprint density at radius 2 is 1.23 bits per heavy atom. The molecule has 9 atom stereocenters. The van der Waals surface area contributed by atoms with Crippen LogP contribution in [0.5, 0.6) is 11.5 Å². The standard InChI is InChI=1S/C59H78ClN9O11S2/c1-3-4-5-6-9-36-11-13-39(14-12-36)31-48-57(78)64-46(10-7-8-27-61)56(77)69-52(35(2)70)59(80)68-50(58(79)65-47(53(63)74)30-40-19-25-44(72)26-20-40)34-82-81-33-49(67-55(76)45(62)29-38-15-21-42(60)22-16-38)51(73)32-41(54(75)66-48)28-37-17-23-43(71)24-18-37/h11-26,35,41,45-50,52,70-72H,3-10,27-34,61-62H2,1-2H3,(H2,63,74)(H,64,78)(H,65,79)(H,66,75)(H,67,76)(H,68,80)(H,69,77)/t35-,41-,45+,46+,47-,48-,49-,50+,52+/m1/s1. The highest BCUT2D eigenvalue weighted by molar-refractivity contribution is 8.76. The summed E-state index contributed by atoms with van der Waals surface area (Å²) in [6, 6.07) is 16.6. The van der Waals surface area contributed by atoms with Gasteiger partial charge in [-0.3, -0.25) is 38.4 Å². The fourth-order valence-corrected chi connectivity index (χ4v) is 11.6. The number of hydrogen-bond donors (Lipinski definition) is 12. The molecule has 0 aliphatic carbocycles. The average molecular weight is 1190 g/mol. The number of carbonyl (C=O) groups excluding carboxylic acids is 8. The quantitative estimate of drug-likeness (QED) is 0.0374. The van der Waals surface area contributed by atoms with Gasteiger partial charge in [-0.25, -0.2) is 0 Å². The normalized spacial score (nSPS) is 20.9. The van der Waals surface area contributed by atoms with Crippen molar-refractivity contribution in [3.63, 3.8) is 0 Å². The number of rotatable bonds is 23. The molecule has 5 rings (SSSR count). The van der Waals surface area contributed by atoms with Gasteiger partial charge in [0, 0.05) is 41.7 Å². The molecule has 4 aromatic carbocycles. The SMILES string of the molecule is CCCCCCc1ccc(C[C@H]2NC(=O)[C@H](Cc3ccc(O)cc3)CC(=O)[C@H](NC(=O)[C@@H](N)Cc3ccc(Cl)cc3)CSSC[C@@H](C(=O)N[C@H](Cc3ccc(O)cc3)C(N)=O)NC(=O)[C@H]([C@@H](C)O)NC(=O)[C@H](CCCCN)NC2=O)cc1. The van der Waals surface area contributed by atoms with E-state index in [-0.39, 0.29) is 61.7 Å². The lowest BCUT2D eigenvalue weighted by Gasteiger charge is -2.29. The monoisotopic (exact) mass is 1190 g/mol. The van der Waals surface area contributed by atoms with Crippen molar-refractivity contribution in [1.82, 2.24) is 31.9 Å². The summed E-state index contributed by atoms with van der Waals surface area (Å²) < 4.78 is 0. The molecule has 1 saturated heterocycles. The van der Waals surface area contributed by atoms with E-state index in [9.17, 15) is 53.7 Å². The van der Waals surface area contributed by atoms with Crippen molar-refractivity contribution in [2.24, 2.45) is 23.1 Å². The summed E-state index contributed by atoms with van der Waals surface area (Å²) in [6.07, 6.45) is 3.71. The van der Waals surface area contributed by atoms with Crippen LogP contribution in [0.3, 0.4) is 0 Å². The number of phenolic OH excluding ortho intramolecular Hbond substituents is 2. The number of aliphatic hydroxyl groups is 1. The molecule has 7 amide bonds. The third-order valence-electron chi connectivity index (χ3n) is 13.9. The Kier molecular flexibility index (Phi) is 27.4. The number of aryl methyl sites for hydroxylation is 1. The maximum Gasteiger partial charge on any atom is 0.245 e. The second-order valence-corrected chi connectivity index (χ2v) is 23.7. The average Bonchev–Trinajstić information content (AvgIpc) is 3.60. The number of carbonyl (C=O) groups is 8. The zero-order valence-electron chi connectivity index (χ0n) is 46.3. The molecule has 15 N–H and O–H groups in total. The fourth-order valence-electron chi connectivity index (χ4n) is 9.09. The van der Waals surface area contributed by atoms with Gasteiger partial charge in [0.2, 0.25) is 41.4 Å². The number of phenols is 2. The lowest BCUT2D eigenvalue weighted by Crippen LogP contribution is -2.62. The molecule has 1 aliphatic heterocycles. The summed E-state index contributed by atoms with van der Waals surface area (Å²) in [5, 5.41) is 47.7. The van der Waals surface area contributed by atoms with Crippen LogP contribution in [0.15, 0.2) is 97.1 Å². The molecule has 23 heteroatoms. The minimum atomic E-state index is -1.71. The lowest BCUT2D eigenvalue weighted by molar-refractivity contribution is -0.137. The van der Waals surface area contributed by atoms with Crippen LogP contribution >= 0.6 is 33.2 Å². The van der Waals surface area contributed by atoms with Gasteiger partial charge >= 0.3 is 0 Å². The van der Waals surface area contributed by atoms with Crippen molar-refractivity contribution in [3.8, 4) is 11.5 Å². The first-order valence-electron chi connectivity index (χ1n) is 27.6. The highest BCUT2D eigenvalue weighted by atomic mass is 35.5. The van der Waals surface area contributed by atoms with E-state index in [0.717, 1.165) is 59.3 Å². The van der Waals surface area contributed by atoms with E-state index in [0.29, 0.717) is 40.1 Å². The number of unbranched alkanes of at least 4 members (excludes halogenated alkanes) is 4. The minimum Gasteiger partial charge on any atom is -0.508 e. The molecule has 0 saturated carbocycles. The molecule has 82 heavy (non-hydrogen) atoms. The third kappa shape index (κ3) is 22.2. The van der Waals surface area contributed by atoms with Gasteiger partial charge in [0.05, 0.1) is 18.2 Å². The summed E-state index contributed by atoms with van der Waals surface area (Å²) in [5.74, 6) is -8.16. The first kappa shape index (κ1) is 66.1. The molecule has 1 fully saturated rings. The van der Waals surface area contributed by atoms with Crippen LogP contribution in [-0.2, 0) is 70.5 Å². The van der Waals surface area contributed by atoms with Crippen molar-refractivity contribution >= 4 is 80.3 Å². The summed E-state index contributed by atoms with van der Waals surface area (Å²) in [4.78, 5) is 114. The van der Waals surface area contributed by atoms with Crippen LogP contribution in [0.2, 0.25) is 5.02 Å². The minimum absolute atomic E-state index is 0.0131. The number of aromatic hydroxyl groups is 2. The van der Waals surface area contributed by atoms with E-state index in [1.807, 2.05) is 24.3 Å². The molecule has 0 bridgehead atoms. The van der Waals surface area contributed by atoms with Crippen molar-refractivity contribution < 1.29 is 53.7 Å². The number of amides is 7. The highest BCUT2D eigenvalue weighted by Crippen LogP contribution is 2.26. The van der Waals surface area contributed by atoms with Gasteiger partial charge in [-0.15, -0.1) is 0 Å². The molecule has 0 aromatic heterocycles. The zero-order valence-corrected chi connectivity index (χ0v) is 48.7. The largest absolute Gasteiger partial charge is 0.508 e. The van der Waals surface area contributed by atoms with E-state index in [1.54, 1.807) is 36.4 Å². The van der Waals surface area contributed by atoms with E-state index in [2.05, 4.69) is 38.8 Å². The van der Waals surface area contributed by atoms with Gasteiger partial charge in [0.1, 0.15) is 41.7 Å². The van der Waals surface area contributed by atoms with Crippen LogP contribution < -0.4 is 49.1 Å². The maximum atomic E-state index is 14.9. The molecule has 444 valence electrons. The van der Waals surface area contributed by atoms with Gasteiger partial charge in [-0.2, -0.15) is 0 Å². The second kappa shape index (κ2) is 34.0. The smallest absolute Gasteiger partial charge is 0.245 e. The number of nitrogens with two attached hydrogens (primary N) is 3. The second-order valence-electron chi connectivity index (χ2n) is 20.7. The Morgan fingerprint density at radius 1 is 0.671 bits per heavy atom. The van der Waals surface area contributed by atoms with Crippen LogP contribution in [0.25, 0.3) is 0 Å². The molecule has 0 unspecified atom stereocenters. The number of hydrogen-bond acceptors (Lipinski definition) is 15. The fraction of sp³-hybridized carbons (Fsp3) is 0.458. The molecular formula is C59H78ClN9O11S2. The van der Waals surface area contributed by atoms with Crippen LogP contribution in [0.1, 0.15) is 93.0 Å². The highest BCUT2D eigenvalue weighted by Gasteiger charge is 2.37. The van der Waals surface area contributed by atoms with Gasteiger partial charge in [0.25, 0.3) is 0 Å². The van der Waals surface area contributed by atoms with Crippen molar-refractivity contribution in [2.45, 2.75) is 146 Å². The van der Waals surface area contributed by atoms with Crippen molar-refractivity contribution in [2.75, 3.05) is 18.1 Å². The molecule has 0 radical (unpaired) electrons. The Morgan fingerprint density at radius 3 is 1.85 bits per heavy atom. The zero-order chi connectivity index (χ0) is 59.7. The molecule has 20 nitrogen and oxygen atoms in total. The topological polar surface area (TPSA) is 347 Å². The summed E-state index contributed by atoms with van der Waals surface area (Å²) in [6.45, 7) is 3.64. The van der Waals surface area contributed by atoms with Gasteiger partial charge in [0.15, 0.2) is 5.78 Å². The number of nitrogens with one attached hydrogen (secondary N) is 6. The van der Waals surface area contributed by atoms with Crippen LogP contribution in [0.4, 0.5) is 0 Å². The van der Waals surface area contributed by atoms with Gasteiger partial charge in [-0.05, 0) is 123 Å². The predicted octanol–water partition coefficient (Wildman–Crippen LogP) is 3.35. The van der Waals surface area contributed by atoms with Gasteiger partial charge < -0.3 is 64.4 Å². The first-order chi connectivity index (χ1) is 39.2. The summed E-state index contributed by atoms with van der Waals surface area (Å²) in [7, 11) is 2.03. The molecule has 1 heterocycles. The molecule has 1 aliphatic rings. The molecule has 4 aromatic rings. The van der Waals surface area contributed by atoms with E-state index in [1.165, 1.54) is 43.3 Å². The van der Waals surface area contributed by atoms with Crippen molar-refractivity contribution in [3.05, 3.63) is 130 Å². The summed E-state index contributed by atoms with van der Waals surface area (Å²) in [5.41, 5.74) is 21.6. The number of aliphatic hydroxyl groups excluding tert-OH is 1. The van der Waals surface area contributed by atoms with E-state index >= 15 is 0 Å². The Balaban J connectivity index is 1.57. The predicted molar refractivity (Wildman–Crippen MR) is 318 cm³/mol. The Hall–Kier alpha value is -6.69. The van der Waals surface area contributed by atoms with Crippen LogP contribution in [0, 0.1) is 5.92 Å². The number of ketones is 1.